The topological polar surface area (TPSA) is 61.6 Å². The molecule has 8 heteroatoms. The van der Waals surface area contributed by atoms with Gasteiger partial charge in [-0.15, -0.1) is 24.0 Å². The molecule has 2 aromatic heterocycles. The van der Waals surface area contributed by atoms with Crippen molar-refractivity contribution >= 4 is 46.8 Å². The lowest BCUT2D eigenvalue weighted by molar-refractivity contribution is 0.371. The summed E-state index contributed by atoms with van der Waals surface area (Å²) in [6.07, 6.45) is 1.86. The molecule has 0 amide bonds. The fraction of sp³-hybridized carbons (Fsp3) is 0.409. The highest BCUT2D eigenvalue weighted by molar-refractivity contribution is 14.0. The Morgan fingerprint density at radius 1 is 1.07 bits per heavy atom. The number of nitrogens with zero attached hydrogens (tertiary/aromatic N) is 6. The number of pyridine rings is 1. The third-order valence-electron chi connectivity index (χ3n) is 5.32. The van der Waals surface area contributed by atoms with Gasteiger partial charge in [-0.3, -0.25) is 4.99 Å². The predicted octanol–water partition coefficient (Wildman–Crippen LogP) is 3.15. The summed E-state index contributed by atoms with van der Waals surface area (Å²) in [5.41, 5.74) is 2.22. The second-order valence-electron chi connectivity index (χ2n) is 7.20. The van der Waals surface area contributed by atoms with Gasteiger partial charge in [0.2, 0.25) is 0 Å². The molecule has 4 rings (SSSR count). The van der Waals surface area contributed by atoms with Gasteiger partial charge >= 0.3 is 0 Å². The average molecular weight is 519 g/mol. The Labute approximate surface area is 195 Å². The fourth-order valence-corrected chi connectivity index (χ4v) is 3.85. The molecule has 3 aromatic rings. The first-order chi connectivity index (χ1) is 14.3. The van der Waals surface area contributed by atoms with Crippen LogP contribution in [-0.4, -0.2) is 64.7 Å². The molecule has 0 saturated carbocycles. The maximum absolute atomic E-state index is 4.91. The van der Waals surface area contributed by atoms with E-state index >= 15 is 0 Å². The van der Waals surface area contributed by atoms with Gasteiger partial charge in [0.05, 0.1) is 17.6 Å². The molecule has 0 unspecified atom stereocenters. The summed E-state index contributed by atoms with van der Waals surface area (Å²) < 4.78 is 2.25. The molecule has 1 fully saturated rings. The van der Waals surface area contributed by atoms with Gasteiger partial charge in [0.25, 0.3) is 0 Å². The zero-order valence-corrected chi connectivity index (χ0v) is 20.0. The number of para-hydroxylation sites is 2. The maximum atomic E-state index is 4.91. The minimum absolute atomic E-state index is 0. The number of nitrogens with one attached hydrogen (secondary N) is 1. The SMILES string of the molecule is CCNC(=NCCn1c(C)nc2ccccc21)N1CCN(c2ccccn2)CC1.I. The molecule has 1 saturated heterocycles. The van der Waals surface area contributed by atoms with E-state index in [1.165, 1.54) is 5.52 Å². The lowest BCUT2D eigenvalue weighted by Crippen LogP contribution is -2.52. The molecular formula is C22H30IN7. The molecule has 1 aliphatic rings. The standard InChI is InChI=1S/C22H29N7.HI/c1-3-23-22(28-16-14-27(15-17-28)21-10-6-7-11-24-21)25-12-13-29-18(2)26-19-8-4-5-9-20(19)29;/h4-11H,3,12-17H2,1-2H3,(H,23,25);1H. The van der Waals surface area contributed by atoms with Gasteiger partial charge in [-0.1, -0.05) is 18.2 Å². The Hall–Kier alpha value is -2.36. The van der Waals surface area contributed by atoms with Crippen molar-refractivity contribution in [2.24, 2.45) is 4.99 Å². The summed E-state index contributed by atoms with van der Waals surface area (Å²) in [4.78, 5) is 18.7. The first-order valence-corrected chi connectivity index (χ1v) is 10.4. The molecular weight excluding hydrogens is 489 g/mol. The number of fused-ring (bicyclic) bond motifs is 1. The molecule has 0 spiro atoms. The van der Waals surface area contributed by atoms with E-state index in [0.717, 1.165) is 68.9 Å². The Balaban J connectivity index is 0.00000256. The summed E-state index contributed by atoms with van der Waals surface area (Å²) >= 11 is 0. The molecule has 0 bridgehead atoms. The number of benzene rings is 1. The third kappa shape index (κ3) is 5.03. The van der Waals surface area contributed by atoms with Gasteiger partial charge < -0.3 is 19.7 Å². The molecule has 0 radical (unpaired) electrons. The van der Waals surface area contributed by atoms with E-state index in [-0.39, 0.29) is 24.0 Å². The van der Waals surface area contributed by atoms with Crippen molar-refractivity contribution in [3.05, 3.63) is 54.5 Å². The van der Waals surface area contributed by atoms with E-state index in [2.05, 4.69) is 67.8 Å². The van der Waals surface area contributed by atoms with Crippen molar-refractivity contribution in [1.29, 1.82) is 0 Å². The Bertz CT molecular complexity index is 962. The first kappa shape index (κ1) is 22.3. The number of piperazine rings is 1. The highest BCUT2D eigenvalue weighted by atomic mass is 127. The molecule has 0 atom stereocenters. The predicted molar refractivity (Wildman–Crippen MR) is 134 cm³/mol. The highest BCUT2D eigenvalue weighted by Gasteiger charge is 2.20. The smallest absolute Gasteiger partial charge is 0.194 e. The van der Waals surface area contributed by atoms with Crippen LogP contribution in [0.1, 0.15) is 12.7 Å². The number of halogens is 1. The minimum atomic E-state index is 0. The zero-order chi connectivity index (χ0) is 20.1. The van der Waals surface area contributed by atoms with Gasteiger partial charge in [-0.2, -0.15) is 0 Å². The molecule has 30 heavy (non-hydrogen) atoms. The van der Waals surface area contributed by atoms with Crippen molar-refractivity contribution in [2.75, 3.05) is 44.2 Å². The van der Waals surface area contributed by atoms with Gasteiger partial charge in [-0.05, 0) is 38.1 Å². The van der Waals surface area contributed by atoms with Crippen molar-refractivity contribution < 1.29 is 0 Å². The summed E-state index contributed by atoms with van der Waals surface area (Å²) in [6.45, 7) is 10.4. The van der Waals surface area contributed by atoms with Crippen LogP contribution < -0.4 is 10.2 Å². The van der Waals surface area contributed by atoms with Crippen LogP contribution in [0.15, 0.2) is 53.7 Å². The lowest BCUT2D eigenvalue weighted by atomic mass is 10.3. The third-order valence-corrected chi connectivity index (χ3v) is 5.32. The Morgan fingerprint density at radius 2 is 1.83 bits per heavy atom. The maximum Gasteiger partial charge on any atom is 0.194 e. The average Bonchev–Trinajstić information content (AvgIpc) is 3.09. The van der Waals surface area contributed by atoms with E-state index < -0.39 is 0 Å². The van der Waals surface area contributed by atoms with E-state index in [4.69, 9.17) is 4.99 Å². The number of hydrogen-bond acceptors (Lipinski definition) is 4. The Morgan fingerprint density at radius 3 is 2.57 bits per heavy atom. The summed E-state index contributed by atoms with van der Waals surface area (Å²) in [5, 5.41) is 3.46. The number of rotatable bonds is 5. The lowest BCUT2D eigenvalue weighted by Gasteiger charge is -2.37. The number of aliphatic imine (C=N–C) groups is 1. The molecule has 1 aromatic carbocycles. The first-order valence-electron chi connectivity index (χ1n) is 10.4. The van der Waals surface area contributed by atoms with E-state index in [1.807, 2.05) is 24.4 Å². The number of guanidine groups is 1. The Kier molecular flexibility index (Phi) is 7.89. The summed E-state index contributed by atoms with van der Waals surface area (Å²) in [5.74, 6) is 3.09. The van der Waals surface area contributed by atoms with E-state index in [0.29, 0.717) is 0 Å². The second-order valence-corrected chi connectivity index (χ2v) is 7.20. The number of aromatic nitrogens is 3. The van der Waals surface area contributed by atoms with Crippen molar-refractivity contribution in [3.63, 3.8) is 0 Å². The van der Waals surface area contributed by atoms with Gasteiger partial charge in [0, 0.05) is 45.5 Å². The molecule has 0 aliphatic carbocycles. The van der Waals surface area contributed by atoms with Crippen LogP contribution in [0.25, 0.3) is 11.0 Å². The van der Waals surface area contributed by atoms with E-state index in [1.54, 1.807) is 0 Å². The van der Waals surface area contributed by atoms with Crippen LogP contribution in [-0.2, 0) is 6.54 Å². The van der Waals surface area contributed by atoms with Crippen LogP contribution in [0.4, 0.5) is 5.82 Å². The number of hydrogen-bond donors (Lipinski definition) is 1. The summed E-state index contributed by atoms with van der Waals surface area (Å²) in [6, 6.07) is 14.4. The quantitative estimate of drug-likeness (QED) is 0.319. The van der Waals surface area contributed by atoms with Crippen LogP contribution in [0.3, 0.4) is 0 Å². The number of imidazole rings is 1. The fourth-order valence-electron chi connectivity index (χ4n) is 3.85. The molecule has 1 N–H and O–H groups in total. The molecule has 1 aliphatic heterocycles. The van der Waals surface area contributed by atoms with Crippen LogP contribution in [0.2, 0.25) is 0 Å². The van der Waals surface area contributed by atoms with Gasteiger partial charge in [-0.25, -0.2) is 9.97 Å². The van der Waals surface area contributed by atoms with Crippen molar-refractivity contribution in [2.45, 2.75) is 20.4 Å². The van der Waals surface area contributed by atoms with Gasteiger partial charge in [0.1, 0.15) is 11.6 Å². The number of aryl methyl sites for hydroxylation is 1. The van der Waals surface area contributed by atoms with Crippen LogP contribution in [0.5, 0.6) is 0 Å². The van der Waals surface area contributed by atoms with Gasteiger partial charge in [0.15, 0.2) is 5.96 Å². The minimum Gasteiger partial charge on any atom is -0.357 e. The largest absolute Gasteiger partial charge is 0.357 e. The zero-order valence-electron chi connectivity index (χ0n) is 17.7. The van der Waals surface area contributed by atoms with Crippen LogP contribution in [0, 0.1) is 6.92 Å². The molecule has 7 nitrogen and oxygen atoms in total. The highest BCUT2D eigenvalue weighted by Crippen LogP contribution is 2.15. The second kappa shape index (κ2) is 10.6. The summed E-state index contributed by atoms with van der Waals surface area (Å²) in [7, 11) is 0. The number of anilines is 1. The molecule has 160 valence electrons. The van der Waals surface area contributed by atoms with Crippen LogP contribution >= 0.6 is 24.0 Å². The molecule has 3 heterocycles. The van der Waals surface area contributed by atoms with E-state index in [9.17, 15) is 0 Å². The monoisotopic (exact) mass is 519 g/mol. The normalized spacial score (nSPS) is 14.7. The van der Waals surface area contributed by atoms with Crippen molar-refractivity contribution in [1.82, 2.24) is 24.8 Å². The van der Waals surface area contributed by atoms with Crippen molar-refractivity contribution in [3.8, 4) is 0 Å².